The highest BCUT2D eigenvalue weighted by Crippen LogP contribution is 2.45. The summed E-state index contributed by atoms with van der Waals surface area (Å²) < 4.78 is 18.8. The van der Waals surface area contributed by atoms with Crippen molar-refractivity contribution >= 4 is 10.6 Å². The van der Waals surface area contributed by atoms with Gasteiger partial charge in [-0.25, -0.2) is 0 Å². The molecule has 0 bridgehead atoms. The molecule has 0 saturated heterocycles. The lowest BCUT2D eigenvalue weighted by atomic mass is 10.2. The van der Waals surface area contributed by atoms with Crippen molar-refractivity contribution in [2.45, 2.75) is 11.8 Å². The van der Waals surface area contributed by atoms with Crippen LogP contribution in [0, 0.1) is 18.3 Å². The number of hydrogen-bond donors (Lipinski definition) is 2. The first kappa shape index (κ1) is 10.1. The van der Waals surface area contributed by atoms with Crippen molar-refractivity contribution in [2.75, 3.05) is 6.26 Å². The van der Waals surface area contributed by atoms with Gasteiger partial charge in [0.15, 0.2) is 0 Å². The van der Waals surface area contributed by atoms with Crippen molar-refractivity contribution in [1.82, 2.24) is 0 Å². The Kier molecular flexibility index (Phi) is 2.62. The summed E-state index contributed by atoms with van der Waals surface area (Å²) >= 11 is 0. The Hall–Kier alpha value is -1.02. The maximum atomic E-state index is 9.42. The van der Waals surface area contributed by atoms with Crippen LogP contribution in [0.15, 0.2) is 23.1 Å². The Bertz CT molecular complexity index is 363. The minimum atomic E-state index is -2.72. The van der Waals surface area contributed by atoms with Crippen LogP contribution in [0.5, 0.6) is 0 Å². The van der Waals surface area contributed by atoms with Gasteiger partial charge in [-0.05, 0) is 24.6 Å². The van der Waals surface area contributed by atoms with Gasteiger partial charge in [-0.3, -0.25) is 9.11 Å². The fourth-order valence-electron chi connectivity index (χ4n) is 1.09. The van der Waals surface area contributed by atoms with Crippen LogP contribution in [0.2, 0.25) is 0 Å². The maximum Gasteiger partial charge on any atom is 0.0992 e. The summed E-state index contributed by atoms with van der Waals surface area (Å²) in [5.74, 6) is 0. The fraction of sp³-hybridized carbons (Fsp3) is 0.222. The lowest BCUT2D eigenvalue weighted by Gasteiger charge is -2.28. The van der Waals surface area contributed by atoms with Crippen LogP contribution < -0.4 is 0 Å². The third kappa shape index (κ3) is 2.22. The molecule has 0 saturated carbocycles. The van der Waals surface area contributed by atoms with Gasteiger partial charge in [0.25, 0.3) is 0 Å². The van der Waals surface area contributed by atoms with Gasteiger partial charge in [0.1, 0.15) is 0 Å². The molecule has 1 aromatic carbocycles. The molecule has 0 spiro atoms. The van der Waals surface area contributed by atoms with Gasteiger partial charge >= 0.3 is 0 Å². The van der Waals surface area contributed by atoms with Crippen molar-refractivity contribution in [3.63, 3.8) is 0 Å². The summed E-state index contributed by atoms with van der Waals surface area (Å²) in [5.41, 5.74) is 1.24. The van der Waals surface area contributed by atoms with E-state index in [0.717, 1.165) is 5.56 Å². The van der Waals surface area contributed by atoms with Crippen molar-refractivity contribution in [3.05, 3.63) is 29.3 Å². The molecule has 0 fully saturated rings. The molecule has 0 amide bonds. The Balaban J connectivity index is 3.29. The highest BCUT2D eigenvalue weighted by molar-refractivity contribution is 8.23. The molecule has 13 heavy (non-hydrogen) atoms. The quantitative estimate of drug-likeness (QED) is 0.727. The number of rotatable bonds is 1. The summed E-state index contributed by atoms with van der Waals surface area (Å²) in [6.07, 6.45) is 1.36. The topological polar surface area (TPSA) is 64.2 Å². The lowest BCUT2D eigenvalue weighted by Crippen LogP contribution is -1.98. The van der Waals surface area contributed by atoms with E-state index in [4.69, 9.17) is 5.26 Å². The Morgan fingerprint density at radius 3 is 2.46 bits per heavy atom. The lowest BCUT2D eigenvalue weighted by molar-refractivity contribution is 0.494. The molecule has 0 radical (unpaired) electrons. The van der Waals surface area contributed by atoms with Gasteiger partial charge in [0, 0.05) is 6.26 Å². The third-order valence-corrected chi connectivity index (χ3v) is 3.01. The zero-order valence-electron chi connectivity index (χ0n) is 7.48. The average Bonchev–Trinajstić information content (AvgIpc) is 2.03. The van der Waals surface area contributed by atoms with Crippen LogP contribution in [0.3, 0.4) is 0 Å². The van der Waals surface area contributed by atoms with Crippen LogP contribution in [0.1, 0.15) is 11.1 Å². The molecule has 0 aliphatic rings. The van der Waals surface area contributed by atoms with Crippen LogP contribution in [0.4, 0.5) is 0 Å². The molecule has 1 aromatic rings. The summed E-state index contributed by atoms with van der Waals surface area (Å²) in [5, 5.41) is 8.61. The standard InChI is InChI=1S/C9H11NO2S/c1-7-3-4-8(6-10)5-9(7)13(2,11)12/h3-5,11-12H,1-2H3. The van der Waals surface area contributed by atoms with Crippen LogP contribution in [-0.2, 0) is 0 Å². The zero-order valence-corrected chi connectivity index (χ0v) is 8.30. The molecule has 0 aliphatic carbocycles. The van der Waals surface area contributed by atoms with E-state index in [1.165, 1.54) is 12.3 Å². The first-order valence-corrected chi connectivity index (χ1v) is 5.64. The Labute approximate surface area is 79.0 Å². The van der Waals surface area contributed by atoms with Crippen molar-refractivity contribution < 1.29 is 9.11 Å². The van der Waals surface area contributed by atoms with Gasteiger partial charge in [0.05, 0.1) is 16.5 Å². The van der Waals surface area contributed by atoms with Crippen LogP contribution in [-0.4, -0.2) is 15.4 Å². The summed E-state index contributed by atoms with van der Waals surface area (Å²) in [6.45, 7) is 1.79. The SMILES string of the molecule is Cc1ccc(C#N)cc1S(C)(O)O. The number of nitriles is 1. The Morgan fingerprint density at radius 1 is 1.38 bits per heavy atom. The normalized spacial score (nSPS) is 12.2. The van der Waals surface area contributed by atoms with Gasteiger partial charge in [0.2, 0.25) is 0 Å². The van der Waals surface area contributed by atoms with Crippen LogP contribution >= 0.6 is 10.6 Å². The molecule has 0 aliphatic heterocycles. The maximum absolute atomic E-state index is 9.42. The van der Waals surface area contributed by atoms with E-state index in [-0.39, 0.29) is 0 Å². The molecule has 0 heterocycles. The molecule has 0 unspecified atom stereocenters. The molecular weight excluding hydrogens is 186 g/mol. The second kappa shape index (κ2) is 3.38. The molecule has 0 atom stereocenters. The number of benzene rings is 1. The van der Waals surface area contributed by atoms with E-state index >= 15 is 0 Å². The van der Waals surface area contributed by atoms with E-state index in [9.17, 15) is 9.11 Å². The van der Waals surface area contributed by atoms with Gasteiger partial charge < -0.3 is 0 Å². The van der Waals surface area contributed by atoms with Crippen molar-refractivity contribution in [3.8, 4) is 6.07 Å². The monoisotopic (exact) mass is 197 g/mol. The number of aryl methyl sites for hydroxylation is 1. The molecule has 2 N–H and O–H groups in total. The van der Waals surface area contributed by atoms with E-state index in [1.54, 1.807) is 19.1 Å². The van der Waals surface area contributed by atoms with Gasteiger partial charge in [-0.2, -0.15) is 15.9 Å². The smallest absolute Gasteiger partial charge is 0.0992 e. The Morgan fingerprint density at radius 2 is 2.00 bits per heavy atom. The third-order valence-electron chi connectivity index (χ3n) is 1.73. The average molecular weight is 197 g/mol. The van der Waals surface area contributed by atoms with Crippen molar-refractivity contribution in [2.24, 2.45) is 0 Å². The summed E-state index contributed by atoms with van der Waals surface area (Å²) in [7, 11) is -2.72. The number of hydrogen-bond acceptors (Lipinski definition) is 3. The van der Waals surface area contributed by atoms with Crippen molar-refractivity contribution in [1.29, 1.82) is 5.26 Å². The first-order valence-electron chi connectivity index (χ1n) is 3.69. The molecule has 4 heteroatoms. The zero-order chi connectivity index (χ0) is 10.1. The first-order chi connectivity index (χ1) is 5.95. The predicted octanol–water partition coefficient (Wildman–Crippen LogP) is 2.61. The highest BCUT2D eigenvalue weighted by atomic mass is 32.3. The van der Waals surface area contributed by atoms with E-state index < -0.39 is 10.6 Å². The minimum absolute atomic E-state index is 0.447. The van der Waals surface area contributed by atoms with Gasteiger partial charge in [-0.1, -0.05) is 6.07 Å². The summed E-state index contributed by atoms with van der Waals surface area (Å²) in [4.78, 5) is 0.451. The van der Waals surface area contributed by atoms with Crippen LogP contribution in [0.25, 0.3) is 0 Å². The predicted molar refractivity (Wildman–Crippen MR) is 52.9 cm³/mol. The molecule has 1 rings (SSSR count). The largest absolute Gasteiger partial charge is 0.295 e. The van der Waals surface area contributed by atoms with E-state index in [1.807, 2.05) is 6.07 Å². The minimum Gasteiger partial charge on any atom is -0.295 e. The molecular formula is C9H11NO2S. The summed E-state index contributed by atoms with van der Waals surface area (Å²) in [6, 6.07) is 6.85. The molecule has 70 valence electrons. The second-order valence-corrected chi connectivity index (χ2v) is 5.03. The molecule has 3 nitrogen and oxygen atoms in total. The molecule has 0 aromatic heterocycles. The van der Waals surface area contributed by atoms with E-state index in [2.05, 4.69) is 0 Å². The van der Waals surface area contributed by atoms with Gasteiger partial charge in [-0.15, -0.1) is 0 Å². The fourth-order valence-corrected chi connectivity index (χ4v) is 2.11. The van der Waals surface area contributed by atoms with E-state index in [0.29, 0.717) is 10.5 Å². The highest BCUT2D eigenvalue weighted by Gasteiger charge is 2.12. The number of nitrogens with zero attached hydrogens (tertiary/aromatic N) is 1. The second-order valence-electron chi connectivity index (χ2n) is 2.93.